The first kappa shape index (κ1) is 16.3. The number of ether oxygens (including phenoxy) is 1. The lowest BCUT2D eigenvalue weighted by Gasteiger charge is -2.18. The number of hydrogen-bond acceptors (Lipinski definition) is 1. The largest absolute Gasteiger partial charge is 0.493 e. The first-order chi connectivity index (χ1) is 9.22. The molecular formula is C17H25BrO. The number of rotatable bonds is 8. The maximum Gasteiger partial charge on any atom is 0.122 e. The van der Waals surface area contributed by atoms with Gasteiger partial charge < -0.3 is 4.74 Å². The van der Waals surface area contributed by atoms with Gasteiger partial charge in [0.2, 0.25) is 0 Å². The van der Waals surface area contributed by atoms with Crippen LogP contribution in [0.25, 0.3) is 0 Å². The molecule has 1 aromatic rings. The maximum atomic E-state index is 5.89. The molecule has 0 saturated carbocycles. The van der Waals surface area contributed by atoms with Crippen molar-refractivity contribution in [2.75, 3.05) is 6.61 Å². The zero-order valence-electron chi connectivity index (χ0n) is 12.3. The molecule has 2 heteroatoms. The molecule has 0 aromatic heterocycles. The van der Waals surface area contributed by atoms with Crippen molar-refractivity contribution in [1.82, 2.24) is 0 Å². The van der Waals surface area contributed by atoms with E-state index in [9.17, 15) is 0 Å². The van der Waals surface area contributed by atoms with Crippen LogP contribution >= 0.6 is 15.9 Å². The van der Waals surface area contributed by atoms with Gasteiger partial charge >= 0.3 is 0 Å². The molecule has 0 bridgehead atoms. The molecule has 0 fully saturated rings. The van der Waals surface area contributed by atoms with Crippen LogP contribution in [0.3, 0.4) is 0 Å². The van der Waals surface area contributed by atoms with E-state index in [0.29, 0.717) is 5.92 Å². The fraction of sp³-hybridized carbons (Fsp3) is 0.529. The Morgan fingerprint density at radius 1 is 1.21 bits per heavy atom. The SMILES string of the molecule is CC/C=C\CC(CC)c1cc(Br)ccc1OCCC. The molecule has 0 saturated heterocycles. The molecule has 1 aromatic carbocycles. The second kappa shape index (κ2) is 9.19. The molecule has 1 nitrogen and oxygen atoms in total. The van der Waals surface area contributed by atoms with Crippen molar-refractivity contribution in [2.45, 2.75) is 52.4 Å². The van der Waals surface area contributed by atoms with Crippen LogP contribution in [0.5, 0.6) is 5.75 Å². The number of allylic oxidation sites excluding steroid dienone is 2. The summed E-state index contributed by atoms with van der Waals surface area (Å²) in [5.74, 6) is 1.58. The normalized spacial score (nSPS) is 12.8. The van der Waals surface area contributed by atoms with Crippen molar-refractivity contribution in [3.63, 3.8) is 0 Å². The van der Waals surface area contributed by atoms with Crippen LogP contribution < -0.4 is 4.74 Å². The Morgan fingerprint density at radius 3 is 2.63 bits per heavy atom. The van der Waals surface area contributed by atoms with Crippen LogP contribution in [0, 0.1) is 0 Å². The Morgan fingerprint density at radius 2 is 2.00 bits per heavy atom. The van der Waals surface area contributed by atoms with Gasteiger partial charge in [-0.1, -0.05) is 48.9 Å². The maximum absolute atomic E-state index is 5.89. The molecule has 1 unspecified atom stereocenters. The van der Waals surface area contributed by atoms with Crippen molar-refractivity contribution in [2.24, 2.45) is 0 Å². The molecule has 0 aliphatic rings. The van der Waals surface area contributed by atoms with Gasteiger partial charge in [-0.15, -0.1) is 0 Å². The Bertz CT molecular complexity index is 398. The van der Waals surface area contributed by atoms with E-state index in [1.807, 2.05) is 0 Å². The van der Waals surface area contributed by atoms with Gasteiger partial charge in [-0.3, -0.25) is 0 Å². The van der Waals surface area contributed by atoms with Crippen molar-refractivity contribution in [3.05, 3.63) is 40.4 Å². The van der Waals surface area contributed by atoms with Crippen LogP contribution in [0.4, 0.5) is 0 Å². The van der Waals surface area contributed by atoms with Gasteiger partial charge in [-0.2, -0.15) is 0 Å². The molecule has 1 rings (SSSR count). The predicted molar refractivity (Wildman–Crippen MR) is 87.0 cm³/mol. The third kappa shape index (κ3) is 5.40. The summed E-state index contributed by atoms with van der Waals surface area (Å²) in [6.45, 7) is 7.34. The van der Waals surface area contributed by atoms with Gasteiger partial charge in [-0.05, 0) is 55.4 Å². The third-order valence-corrected chi connectivity index (χ3v) is 3.68. The molecule has 0 aliphatic carbocycles. The van der Waals surface area contributed by atoms with Crippen LogP contribution in [-0.4, -0.2) is 6.61 Å². The molecular weight excluding hydrogens is 300 g/mol. The van der Waals surface area contributed by atoms with E-state index >= 15 is 0 Å². The van der Waals surface area contributed by atoms with Crippen molar-refractivity contribution >= 4 is 15.9 Å². The van der Waals surface area contributed by atoms with E-state index < -0.39 is 0 Å². The Labute approximate surface area is 126 Å². The van der Waals surface area contributed by atoms with Gasteiger partial charge in [-0.25, -0.2) is 0 Å². The van der Waals surface area contributed by atoms with E-state index in [0.717, 1.165) is 42.5 Å². The minimum atomic E-state index is 0.534. The number of hydrogen-bond donors (Lipinski definition) is 0. The average molecular weight is 325 g/mol. The van der Waals surface area contributed by atoms with E-state index in [1.165, 1.54) is 5.56 Å². The quantitative estimate of drug-likeness (QED) is 0.526. The zero-order chi connectivity index (χ0) is 14.1. The molecule has 1 atom stereocenters. The van der Waals surface area contributed by atoms with Gasteiger partial charge in [0.25, 0.3) is 0 Å². The lowest BCUT2D eigenvalue weighted by molar-refractivity contribution is 0.311. The van der Waals surface area contributed by atoms with Gasteiger partial charge in [0.1, 0.15) is 5.75 Å². The molecule has 0 heterocycles. The fourth-order valence-electron chi connectivity index (χ4n) is 2.12. The predicted octanol–water partition coefficient (Wildman–Crippen LogP) is 6.09. The van der Waals surface area contributed by atoms with E-state index in [-0.39, 0.29) is 0 Å². The zero-order valence-corrected chi connectivity index (χ0v) is 13.9. The van der Waals surface area contributed by atoms with Gasteiger partial charge in [0.05, 0.1) is 6.61 Å². The van der Waals surface area contributed by atoms with E-state index in [1.54, 1.807) is 0 Å². The van der Waals surface area contributed by atoms with Gasteiger partial charge in [0, 0.05) is 4.47 Å². The highest BCUT2D eigenvalue weighted by atomic mass is 79.9. The molecule has 0 aliphatic heterocycles. The smallest absolute Gasteiger partial charge is 0.122 e. The summed E-state index contributed by atoms with van der Waals surface area (Å²) in [5.41, 5.74) is 1.33. The first-order valence-electron chi connectivity index (χ1n) is 7.30. The Kier molecular flexibility index (Phi) is 7.88. The summed E-state index contributed by atoms with van der Waals surface area (Å²) >= 11 is 3.57. The summed E-state index contributed by atoms with van der Waals surface area (Å²) in [4.78, 5) is 0. The summed E-state index contributed by atoms with van der Waals surface area (Å²) in [5, 5.41) is 0. The van der Waals surface area contributed by atoms with Crippen LogP contribution in [0.15, 0.2) is 34.8 Å². The second-order valence-corrected chi connectivity index (χ2v) is 5.67. The van der Waals surface area contributed by atoms with Crippen LogP contribution in [0.2, 0.25) is 0 Å². The standard InChI is InChI=1S/C17H25BrO/c1-4-7-8-9-14(6-3)16-13-15(18)10-11-17(16)19-12-5-2/h7-8,10-11,13-14H,4-6,9,12H2,1-3H3/b8-7-. The lowest BCUT2D eigenvalue weighted by Crippen LogP contribution is -2.03. The molecule has 0 N–H and O–H groups in total. The van der Waals surface area contributed by atoms with Crippen LogP contribution in [0.1, 0.15) is 57.9 Å². The first-order valence-corrected chi connectivity index (χ1v) is 8.09. The van der Waals surface area contributed by atoms with Crippen molar-refractivity contribution in [3.8, 4) is 5.75 Å². The third-order valence-electron chi connectivity index (χ3n) is 3.19. The van der Waals surface area contributed by atoms with Crippen molar-refractivity contribution < 1.29 is 4.74 Å². The number of benzene rings is 1. The summed E-state index contributed by atoms with van der Waals surface area (Å²) < 4.78 is 7.01. The molecule has 0 amide bonds. The summed E-state index contributed by atoms with van der Waals surface area (Å²) in [6, 6.07) is 6.35. The van der Waals surface area contributed by atoms with Gasteiger partial charge in [0.15, 0.2) is 0 Å². The highest BCUT2D eigenvalue weighted by Crippen LogP contribution is 2.34. The minimum Gasteiger partial charge on any atom is -0.493 e. The van der Waals surface area contributed by atoms with Crippen molar-refractivity contribution in [1.29, 1.82) is 0 Å². The van der Waals surface area contributed by atoms with E-state index in [2.05, 4.69) is 67.1 Å². The summed E-state index contributed by atoms with van der Waals surface area (Å²) in [6.07, 6.45) is 8.90. The molecule has 0 radical (unpaired) electrons. The fourth-order valence-corrected chi connectivity index (χ4v) is 2.50. The lowest BCUT2D eigenvalue weighted by atomic mass is 9.92. The average Bonchev–Trinajstić information content (AvgIpc) is 2.42. The Balaban J connectivity index is 2.92. The topological polar surface area (TPSA) is 9.23 Å². The Hall–Kier alpha value is -0.760. The second-order valence-electron chi connectivity index (χ2n) is 4.75. The highest BCUT2D eigenvalue weighted by molar-refractivity contribution is 9.10. The summed E-state index contributed by atoms with van der Waals surface area (Å²) in [7, 11) is 0. The monoisotopic (exact) mass is 324 g/mol. The van der Waals surface area contributed by atoms with Crippen LogP contribution in [-0.2, 0) is 0 Å². The minimum absolute atomic E-state index is 0.534. The molecule has 0 spiro atoms. The highest BCUT2D eigenvalue weighted by Gasteiger charge is 2.14. The van der Waals surface area contributed by atoms with E-state index in [4.69, 9.17) is 4.74 Å². The molecule has 19 heavy (non-hydrogen) atoms. The number of halogens is 1. The molecule has 106 valence electrons.